The number of anilines is 1. The maximum absolute atomic E-state index is 10.9. The first kappa shape index (κ1) is 18.0. The third-order valence-electron chi connectivity index (χ3n) is 4.34. The summed E-state index contributed by atoms with van der Waals surface area (Å²) in [5, 5.41) is 10.0. The van der Waals surface area contributed by atoms with Crippen molar-refractivity contribution in [1.82, 2.24) is 9.97 Å². The number of carboxylic acid groups (broad SMARTS) is 1. The van der Waals surface area contributed by atoms with Gasteiger partial charge in [-0.15, -0.1) is 0 Å². The number of hydrogen-bond acceptors (Lipinski definition) is 5. The highest BCUT2D eigenvalue weighted by atomic mass is 35.5. The first-order valence-electron chi connectivity index (χ1n) is 8.26. The number of halogens is 1. The van der Waals surface area contributed by atoms with E-state index in [0.29, 0.717) is 16.1 Å². The van der Waals surface area contributed by atoms with E-state index in [-0.39, 0.29) is 5.56 Å². The fourth-order valence-electron chi connectivity index (χ4n) is 2.74. The zero-order valence-electron chi connectivity index (χ0n) is 14.0. The molecule has 1 aliphatic heterocycles. The molecule has 2 aromatic rings. The Morgan fingerprint density at radius 1 is 1.28 bits per heavy atom. The van der Waals surface area contributed by atoms with Gasteiger partial charge in [-0.2, -0.15) is 0 Å². The van der Waals surface area contributed by atoms with E-state index in [1.165, 1.54) is 24.6 Å². The van der Waals surface area contributed by atoms with Gasteiger partial charge in [0.1, 0.15) is 11.0 Å². The molecule has 0 bridgehead atoms. The number of carbonyl (C=O) groups is 1. The fourth-order valence-corrected chi connectivity index (χ4v) is 3.78. The van der Waals surface area contributed by atoms with E-state index >= 15 is 0 Å². The quantitative estimate of drug-likeness (QED) is 0.474. The summed E-state index contributed by atoms with van der Waals surface area (Å²) in [6.45, 7) is 4.27. The molecule has 0 saturated carbocycles. The molecule has 132 valence electrons. The van der Waals surface area contributed by atoms with Crippen molar-refractivity contribution >= 4 is 35.1 Å². The molecule has 7 heteroatoms. The van der Waals surface area contributed by atoms with E-state index in [1.54, 1.807) is 12.1 Å². The summed E-state index contributed by atoms with van der Waals surface area (Å²) in [4.78, 5) is 22.1. The fraction of sp³-hybridized carbons (Fsp3) is 0.389. The Morgan fingerprint density at radius 3 is 2.60 bits per heavy atom. The van der Waals surface area contributed by atoms with Crippen LogP contribution >= 0.6 is 23.4 Å². The molecule has 0 aliphatic carbocycles. The number of nitrogens with zero attached hydrogens (tertiary/aromatic N) is 3. The molecule has 1 fully saturated rings. The smallest absolute Gasteiger partial charge is 0.335 e. The molecule has 25 heavy (non-hydrogen) atoms. The van der Waals surface area contributed by atoms with Crippen LogP contribution in [0.1, 0.15) is 35.7 Å². The summed E-state index contributed by atoms with van der Waals surface area (Å²) in [5.41, 5.74) is 1.31. The van der Waals surface area contributed by atoms with Crippen LogP contribution in [-0.4, -0.2) is 34.1 Å². The minimum atomic E-state index is -0.919. The number of thioether (sulfide) groups is 1. The lowest BCUT2D eigenvalue weighted by atomic mass is 9.99. The highest BCUT2D eigenvalue weighted by Crippen LogP contribution is 2.27. The lowest BCUT2D eigenvalue weighted by molar-refractivity contribution is 0.0697. The summed E-state index contributed by atoms with van der Waals surface area (Å²) < 4.78 is 0. The molecular formula is C18H20ClN3O2S. The van der Waals surface area contributed by atoms with Gasteiger partial charge in [0, 0.05) is 24.9 Å². The molecule has 1 aromatic heterocycles. The Hall–Kier alpha value is -1.79. The molecule has 1 N–H and O–H groups in total. The molecule has 0 unspecified atom stereocenters. The number of aromatic nitrogens is 2. The van der Waals surface area contributed by atoms with Gasteiger partial charge in [-0.3, -0.25) is 0 Å². The summed E-state index contributed by atoms with van der Waals surface area (Å²) in [6, 6.07) is 8.67. The second-order valence-electron chi connectivity index (χ2n) is 6.29. The van der Waals surface area contributed by atoms with Crippen LogP contribution in [0.4, 0.5) is 5.82 Å². The topological polar surface area (TPSA) is 66.3 Å². The number of piperidine rings is 1. The third-order valence-corrected chi connectivity index (χ3v) is 5.45. The number of benzene rings is 1. The average molecular weight is 378 g/mol. The molecule has 5 nitrogen and oxygen atoms in total. The van der Waals surface area contributed by atoms with Gasteiger partial charge >= 0.3 is 5.97 Å². The highest BCUT2D eigenvalue weighted by molar-refractivity contribution is 7.98. The second kappa shape index (κ2) is 8.06. The van der Waals surface area contributed by atoms with Crippen molar-refractivity contribution in [2.75, 3.05) is 18.0 Å². The predicted molar refractivity (Wildman–Crippen MR) is 101 cm³/mol. The van der Waals surface area contributed by atoms with Crippen LogP contribution in [0.3, 0.4) is 0 Å². The lowest BCUT2D eigenvalue weighted by Crippen LogP contribution is -2.33. The van der Waals surface area contributed by atoms with Gasteiger partial charge in [0.2, 0.25) is 0 Å². The van der Waals surface area contributed by atoms with Crippen LogP contribution in [0.25, 0.3) is 0 Å². The average Bonchev–Trinajstić information content (AvgIpc) is 2.60. The third kappa shape index (κ3) is 4.86. The van der Waals surface area contributed by atoms with Crippen LogP contribution < -0.4 is 4.90 Å². The van der Waals surface area contributed by atoms with E-state index in [0.717, 1.165) is 30.4 Å². The van der Waals surface area contributed by atoms with Crippen molar-refractivity contribution in [2.24, 2.45) is 5.92 Å². The molecular weight excluding hydrogens is 358 g/mol. The summed E-state index contributed by atoms with van der Waals surface area (Å²) in [7, 11) is 0. The number of aromatic carboxylic acids is 1. The van der Waals surface area contributed by atoms with Gasteiger partial charge in [-0.25, -0.2) is 14.8 Å². The molecule has 0 spiro atoms. The van der Waals surface area contributed by atoms with Crippen LogP contribution in [0.15, 0.2) is 35.5 Å². The van der Waals surface area contributed by atoms with Gasteiger partial charge in [-0.05, 0) is 36.5 Å². The molecule has 1 aliphatic rings. The largest absolute Gasteiger partial charge is 0.478 e. The van der Waals surface area contributed by atoms with Crippen LogP contribution in [0.5, 0.6) is 0 Å². The molecule has 1 saturated heterocycles. The van der Waals surface area contributed by atoms with Crippen molar-refractivity contribution in [3.63, 3.8) is 0 Å². The molecule has 0 amide bonds. The molecule has 1 aromatic carbocycles. The Kier molecular flexibility index (Phi) is 5.81. The van der Waals surface area contributed by atoms with E-state index < -0.39 is 5.97 Å². The second-order valence-corrected chi connectivity index (χ2v) is 7.62. The maximum Gasteiger partial charge on any atom is 0.335 e. The number of hydrogen-bond donors (Lipinski definition) is 1. The monoisotopic (exact) mass is 377 g/mol. The van der Waals surface area contributed by atoms with Crippen LogP contribution in [0, 0.1) is 5.92 Å². The zero-order chi connectivity index (χ0) is 17.8. The van der Waals surface area contributed by atoms with Crippen molar-refractivity contribution in [3.05, 3.63) is 46.6 Å². The number of rotatable bonds is 5. The van der Waals surface area contributed by atoms with Gasteiger partial charge in [0.25, 0.3) is 0 Å². The lowest BCUT2D eigenvalue weighted by Gasteiger charge is -2.31. The Bertz CT molecular complexity index is 746. The Balaban J connectivity index is 1.67. The minimum Gasteiger partial charge on any atom is -0.478 e. The van der Waals surface area contributed by atoms with Crippen molar-refractivity contribution < 1.29 is 9.90 Å². The Morgan fingerprint density at radius 2 is 1.96 bits per heavy atom. The summed E-state index contributed by atoms with van der Waals surface area (Å²) in [6.07, 6.45) is 2.33. The van der Waals surface area contributed by atoms with E-state index in [4.69, 9.17) is 16.7 Å². The van der Waals surface area contributed by atoms with Gasteiger partial charge in [0.05, 0.1) is 5.56 Å². The summed E-state index contributed by atoms with van der Waals surface area (Å²) in [5.74, 6) is 1.39. The zero-order valence-corrected chi connectivity index (χ0v) is 15.6. The van der Waals surface area contributed by atoms with Crippen molar-refractivity contribution in [2.45, 2.75) is 30.7 Å². The minimum absolute atomic E-state index is 0.286. The van der Waals surface area contributed by atoms with Crippen LogP contribution in [0.2, 0.25) is 5.15 Å². The summed E-state index contributed by atoms with van der Waals surface area (Å²) >= 11 is 7.68. The first-order valence-corrected chi connectivity index (χ1v) is 9.62. The first-order chi connectivity index (χ1) is 12.0. The van der Waals surface area contributed by atoms with E-state index in [1.807, 2.05) is 18.2 Å². The SMILES string of the molecule is CC1CCN(c2cc(Cl)nc(SCc3ccc(C(=O)O)cc3)n2)CC1. The van der Waals surface area contributed by atoms with Crippen LogP contribution in [-0.2, 0) is 5.75 Å². The van der Waals surface area contributed by atoms with Crippen molar-refractivity contribution in [3.8, 4) is 0 Å². The predicted octanol–water partition coefficient (Wildman–Crippen LogP) is 4.36. The molecule has 3 rings (SSSR count). The van der Waals surface area contributed by atoms with Gasteiger partial charge in [-0.1, -0.05) is 42.4 Å². The van der Waals surface area contributed by atoms with E-state index in [9.17, 15) is 4.79 Å². The Labute approximate surface area is 156 Å². The highest BCUT2D eigenvalue weighted by Gasteiger charge is 2.18. The normalized spacial score (nSPS) is 15.4. The molecule has 0 radical (unpaired) electrons. The van der Waals surface area contributed by atoms with E-state index in [2.05, 4.69) is 21.8 Å². The van der Waals surface area contributed by atoms with Gasteiger partial charge < -0.3 is 10.0 Å². The molecule has 2 heterocycles. The standard InChI is InChI=1S/C18H20ClN3O2S/c1-12-6-8-22(9-7-12)16-10-15(19)20-18(21-16)25-11-13-2-4-14(5-3-13)17(23)24/h2-5,10,12H,6-9,11H2,1H3,(H,23,24). The maximum atomic E-state index is 10.9. The van der Waals surface area contributed by atoms with Gasteiger partial charge in [0.15, 0.2) is 5.16 Å². The number of carboxylic acids is 1. The molecule has 0 atom stereocenters. The van der Waals surface area contributed by atoms with Crippen molar-refractivity contribution in [1.29, 1.82) is 0 Å².